The second-order valence-corrected chi connectivity index (χ2v) is 7.79. The molecular formula is C17H30N4O7S2. The van der Waals surface area contributed by atoms with Gasteiger partial charge in [-0.25, -0.2) is 4.79 Å². The van der Waals surface area contributed by atoms with Gasteiger partial charge in [-0.3, -0.25) is 19.2 Å². The fourth-order valence-electron chi connectivity index (χ4n) is 2.31. The van der Waals surface area contributed by atoms with Gasteiger partial charge < -0.3 is 31.9 Å². The zero-order valence-corrected chi connectivity index (χ0v) is 18.6. The highest BCUT2D eigenvalue weighted by molar-refractivity contribution is 7.80. The van der Waals surface area contributed by atoms with E-state index in [1.54, 1.807) is 13.8 Å². The number of hydrogen-bond acceptors (Lipinski definition) is 8. The standard InChI is InChI=1S/C17H30N4O7S2/c1-8(2)5-10(17(27)28)19-15(25)12(7-30)21-16(26)11(6-29)20-14(24)9(18)3-4-13(22)23/h8-12,29-30H,3-7,18H2,1-2H3,(H,19,25)(H,20,24)(H,21,26)(H,22,23)(H,27,28). The smallest absolute Gasteiger partial charge is 0.326 e. The van der Waals surface area contributed by atoms with Crippen molar-refractivity contribution in [1.82, 2.24) is 16.0 Å². The largest absolute Gasteiger partial charge is 0.481 e. The summed E-state index contributed by atoms with van der Waals surface area (Å²) < 4.78 is 0. The number of rotatable bonds is 14. The molecule has 30 heavy (non-hydrogen) atoms. The third-order valence-electron chi connectivity index (χ3n) is 3.96. The van der Waals surface area contributed by atoms with Gasteiger partial charge in [0.25, 0.3) is 0 Å². The SMILES string of the molecule is CC(C)CC(NC(=O)C(CS)NC(=O)C(CS)NC(=O)C(N)CCC(=O)O)C(=O)O. The summed E-state index contributed by atoms with van der Waals surface area (Å²) >= 11 is 8.01. The minimum atomic E-state index is -1.20. The summed E-state index contributed by atoms with van der Waals surface area (Å²) in [5.74, 6) is -4.72. The number of nitrogens with one attached hydrogen (secondary N) is 3. The van der Waals surface area contributed by atoms with E-state index in [1.807, 2.05) is 0 Å². The lowest BCUT2D eigenvalue weighted by atomic mass is 10.0. The van der Waals surface area contributed by atoms with Gasteiger partial charge in [0.2, 0.25) is 17.7 Å². The van der Waals surface area contributed by atoms with Gasteiger partial charge >= 0.3 is 11.9 Å². The molecule has 0 saturated carbocycles. The lowest BCUT2D eigenvalue weighted by molar-refractivity contribution is -0.142. The van der Waals surface area contributed by atoms with Crippen molar-refractivity contribution in [2.45, 2.75) is 57.3 Å². The van der Waals surface area contributed by atoms with Crippen molar-refractivity contribution in [2.24, 2.45) is 11.7 Å². The molecule has 13 heteroatoms. The number of thiol groups is 2. The van der Waals surface area contributed by atoms with Gasteiger partial charge in [-0.2, -0.15) is 25.3 Å². The van der Waals surface area contributed by atoms with Gasteiger partial charge in [0.15, 0.2) is 0 Å². The summed E-state index contributed by atoms with van der Waals surface area (Å²) in [5, 5.41) is 25.0. The predicted molar refractivity (Wildman–Crippen MR) is 115 cm³/mol. The molecule has 0 aliphatic heterocycles. The summed E-state index contributed by atoms with van der Waals surface area (Å²) in [7, 11) is 0. The van der Waals surface area contributed by atoms with Crippen LogP contribution in [-0.4, -0.2) is 75.5 Å². The van der Waals surface area contributed by atoms with Crippen LogP contribution >= 0.6 is 25.3 Å². The maximum Gasteiger partial charge on any atom is 0.326 e. The number of nitrogens with two attached hydrogens (primary N) is 1. The van der Waals surface area contributed by atoms with Gasteiger partial charge in [-0.1, -0.05) is 13.8 Å². The summed E-state index contributed by atoms with van der Waals surface area (Å²) in [5.41, 5.74) is 5.60. The van der Waals surface area contributed by atoms with E-state index in [2.05, 4.69) is 41.2 Å². The average Bonchev–Trinajstić information content (AvgIpc) is 2.66. The Labute approximate surface area is 185 Å². The van der Waals surface area contributed by atoms with E-state index in [0.29, 0.717) is 0 Å². The van der Waals surface area contributed by atoms with E-state index in [-0.39, 0.29) is 36.7 Å². The molecule has 172 valence electrons. The van der Waals surface area contributed by atoms with Crippen molar-refractivity contribution < 1.29 is 34.2 Å². The Balaban J connectivity index is 4.96. The van der Waals surface area contributed by atoms with E-state index in [4.69, 9.17) is 10.8 Å². The van der Waals surface area contributed by atoms with Crippen LogP contribution in [0.25, 0.3) is 0 Å². The summed E-state index contributed by atoms with van der Waals surface area (Å²) in [6, 6.07) is -4.54. The molecule has 0 heterocycles. The molecule has 4 atom stereocenters. The zero-order valence-electron chi connectivity index (χ0n) is 16.8. The topological polar surface area (TPSA) is 188 Å². The summed E-state index contributed by atoms with van der Waals surface area (Å²) in [6.45, 7) is 3.61. The van der Waals surface area contributed by atoms with E-state index >= 15 is 0 Å². The minimum Gasteiger partial charge on any atom is -0.481 e. The van der Waals surface area contributed by atoms with E-state index < -0.39 is 53.8 Å². The fourth-order valence-corrected chi connectivity index (χ4v) is 2.83. The van der Waals surface area contributed by atoms with Crippen molar-refractivity contribution in [2.75, 3.05) is 11.5 Å². The van der Waals surface area contributed by atoms with Crippen molar-refractivity contribution >= 4 is 54.9 Å². The Kier molecular flexibility index (Phi) is 13.2. The first kappa shape index (κ1) is 28.0. The van der Waals surface area contributed by atoms with Gasteiger partial charge in [0, 0.05) is 17.9 Å². The molecule has 0 aromatic carbocycles. The average molecular weight is 467 g/mol. The van der Waals surface area contributed by atoms with Gasteiger partial charge in [-0.15, -0.1) is 0 Å². The van der Waals surface area contributed by atoms with E-state index in [1.165, 1.54) is 0 Å². The van der Waals surface area contributed by atoms with Crippen LogP contribution in [0.15, 0.2) is 0 Å². The number of carbonyl (C=O) groups excluding carboxylic acids is 3. The Hall–Kier alpha value is -1.99. The molecule has 0 bridgehead atoms. The van der Waals surface area contributed by atoms with Crippen molar-refractivity contribution in [1.29, 1.82) is 0 Å². The highest BCUT2D eigenvalue weighted by Gasteiger charge is 2.29. The van der Waals surface area contributed by atoms with Gasteiger partial charge in [-0.05, 0) is 18.8 Å². The fraction of sp³-hybridized carbons (Fsp3) is 0.706. The molecule has 7 N–H and O–H groups in total. The summed E-state index contributed by atoms with van der Waals surface area (Å²) in [6.07, 6.45) is -0.219. The number of carboxylic acid groups (broad SMARTS) is 2. The van der Waals surface area contributed by atoms with Crippen LogP contribution in [0.2, 0.25) is 0 Å². The van der Waals surface area contributed by atoms with Crippen LogP contribution in [0.4, 0.5) is 0 Å². The van der Waals surface area contributed by atoms with Crippen LogP contribution in [0.1, 0.15) is 33.1 Å². The van der Waals surface area contributed by atoms with Gasteiger partial charge in [0.1, 0.15) is 18.1 Å². The number of aliphatic carboxylic acids is 2. The van der Waals surface area contributed by atoms with Crippen LogP contribution in [0, 0.1) is 5.92 Å². The monoisotopic (exact) mass is 466 g/mol. The lowest BCUT2D eigenvalue weighted by Gasteiger charge is -2.24. The molecule has 11 nitrogen and oxygen atoms in total. The number of hydrogen-bond donors (Lipinski definition) is 8. The molecule has 0 radical (unpaired) electrons. The second-order valence-electron chi connectivity index (χ2n) is 7.06. The molecule has 0 saturated heterocycles. The maximum absolute atomic E-state index is 12.4. The quantitative estimate of drug-likeness (QED) is 0.144. The van der Waals surface area contributed by atoms with Crippen LogP contribution < -0.4 is 21.7 Å². The minimum absolute atomic E-state index is 0.0181. The highest BCUT2D eigenvalue weighted by Crippen LogP contribution is 2.06. The van der Waals surface area contributed by atoms with Crippen LogP contribution in [0.3, 0.4) is 0 Å². The third kappa shape index (κ3) is 10.7. The van der Waals surface area contributed by atoms with E-state index in [9.17, 15) is 29.1 Å². The Morgan fingerprint density at radius 3 is 1.63 bits per heavy atom. The molecule has 0 rings (SSSR count). The van der Waals surface area contributed by atoms with Gasteiger partial charge in [0.05, 0.1) is 6.04 Å². The first-order valence-electron chi connectivity index (χ1n) is 9.25. The predicted octanol–water partition coefficient (Wildman–Crippen LogP) is -1.38. The number of carbonyl (C=O) groups is 5. The normalized spacial score (nSPS) is 14.9. The zero-order chi connectivity index (χ0) is 23.4. The number of carboxylic acids is 2. The molecule has 0 aromatic heterocycles. The Morgan fingerprint density at radius 1 is 0.833 bits per heavy atom. The Morgan fingerprint density at radius 2 is 1.27 bits per heavy atom. The van der Waals surface area contributed by atoms with Crippen molar-refractivity contribution in [3.63, 3.8) is 0 Å². The molecular weight excluding hydrogens is 436 g/mol. The first-order valence-corrected chi connectivity index (χ1v) is 10.5. The lowest BCUT2D eigenvalue weighted by Crippen LogP contribution is -2.58. The van der Waals surface area contributed by atoms with Crippen LogP contribution in [-0.2, 0) is 24.0 Å². The molecule has 0 aliphatic carbocycles. The van der Waals surface area contributed by atoms with Crippen LogP contribution in [0.5, 0.6) is 0 Å². The molecule has 0 aromatic rings. The Bertz CT molecular complexity index is 633. The van der Waals surface area contributed by atoms with Crippen molar-refractivity contribution in [3.8, 4) is 0 Å². The molecule has 0 fully saturated rings. The second kappa shape index (κ2) is 14.1. The van der Waals surface area contributed by atoms with E-state index in [0.717, 1.165) is 0 Å². The molecule has 0 spiro atoms. The molecule has 3 amide bonds. The first-order chi connectivity index (χ1) is 13.9. The highest BCUT2D eigenvalue weighted by atomic mass is 32.1. The summed E-state index contributed by atoms with van der Waals surface area (Å²) in [4.78, 5) is 58.7. The third-order valence-corrected chi connectivity index (χ3v) is 4.69. The molecule has 0 aliphatic rings. The number of amides is 3. The van der Waals surface area contributed by atoms with Crippen molar-refractivity contribution in [3.05, 3.63) is 0 Å². The molecule has 4 unspecified atom stereocenters. The maximum atomic E-state index is 12.4.